The summed E-state index contributed by atoms with van der Waals surface area (Å²) in [7, 11) is 1.51. The number of aromatic nitrogens is 2. The molecule has 41 heavy (non-hydrogen) atoms. The molecule has 0 saturated heterocycles. The molecule has 1 atom stereocenters. The zero-order chi connectivity index (χ0) is 28.9. The second kappa shape index (κ2) is 12.8. The van der Waals surface area contributed by atoms with E-state index >= 15 is 0 Å². The van der Waals surface area contributed by atoms with Crippen LogP contribution in [-0.4, -0.2) is 40.7 Å². The molecule has 9 nitrogen and oxygen atoms in total. The van der Waals surface area contributed by atoms with Crippen molar-refractivity contribution in [2.24, 2.45) is 0 Å². The fourth-order valence-electron chi connectivity index (χ4n) is 4.27. The summed E-state index contributed by atoms with van der Waals surface area (Å²) < 4.78 is 17.4. The van der Waals surface area contributed by atoms with Gasteiger partial charge in [0.1, 0.15) is 0 Å². The quantitative estimate of drug-likeness (QED) is 0.0778. The molecule has 1 aliphatic heterocycles. The van der Waals surface area contributed by atoms with Crippen LogP contribution in [0.4, 0.5) is 5.13 Å². The molecule has 2 aromatic heterocycles. The molecule has 0 aliphatic carbocycles. The summed E-state index contributed by atoms with van der Waals surface area (Å²) >= 11 is 8.62. The van der Waals surface area contributed by atoms with Gasteiger partial charge in [-0.3, -0.25) is 14.5 Å². The van der Waals surface area contributed by atoms with Crippen LogP contribution in [0.1, 0.15) is 47.5 Å². The smallest absolute Gasteiger partial charge is 0.296 e. The fraction of sp³-hybridized carbons (Fsp3) is 0.241. The Morgan fingerprint density at radius 3 is 2.68 bits per heavy atom. The van der Waals surface area contributed by atoms with Crippen molar-refractivity contribution in [3.63, 3.8) is 0 Å². The lowest BCUT2D eigenvalue weighted by molar-refractivity contribution is -0.117. The number of halogens is 1. The monoisotopic (exact) mass is 611 g/mol. The van der Waals surface area contributed by atoms with Crippen molar-refractivity contribution in [1.82, 2.24) is 10.2 Å². The second-order valence-corrected chi connectivity index (χ2v) is 11.6. The molecule has 0 radical (unpaired) electrons. The summed E-state index contributed by atoms with van der Waals surface area (Å²) in [6.07, 6.45) is 3.21. The first-order valence-electron chi connectivity index (χ1n) is 12.8. The average molecular weight is 612 g/mol. The Morgan fingerprint density at radius 1 is 1.17 bits per heavy atom. The summed E-state index contributed by atoms with van der Waals surface area (Å²) in [6, 6.07) is 14.7. The van der Waals surface area contributed by atoms with E-state index in [4.69, 9.17) is 25.5 Å². The van der Waals surface area contributed by atoms with E-state index in [-0.39, 0.29) is 16.5 Å². The predicted molar refractivity (Wildman–Crippen MR) is 157 cm³/mol. The lowest BCUT2D eigenvalue weighted by Gasteiger charge is -2.24. The number of amides is 1. The number of aliphatic hydroxyl groups is 1. The zero-order valence-corrected chi connectivity index (χ0v) is 24.6. The number of ketones is 1. The third kappa shape index (κ3) is 6.12. The van der Waals surface area contributed by atoms with Crippen LogP contribution in [0.5, 0.6) is 11.5 Å². The van der Waals surface area contributed by atoms with Crippen molar-refractivity contribution in [2.45, 2.75) is 35.9 Å². The molecule has 212 valence electrons. The molecule has 12 heteroatoms. The topological polar surface area (TPSA) is 115 Å². The largest absolute Gasteiger partial charge is 0.503 e. The highest BCUT2D eigenvalue weighted by atomic mass is 35.5. The van der Waals surface area contributed by atoms with Crippen LogP contribution in [0.3, 0.4) is 0 Å². The Balaban J connectivity index is 1.50. The van der Waals surface area contributed by atoms with Crippen LogP contribution in [0.2, 0.25) is 5.02 Å². The highest BCUT2D eigenvalue weighted by molar-refractivity contribution is 8.00. The third-order valence-electron chi connectivity index (χ3n) is 6.33. The molecule has 0 fully saturated rings. The molecule has 3 heterocycles. The van der Waals surface area contributed by atoms with E-state index in [1.165, 1.54) is 47.4 Å². The maximum absolute atomic E-state index is 13.5. The van der Waals surface area contributed by atoms with Crippen LogP contribution in [-0.2, 0) is 10.5 Å². The molecule has 2 aromatic carbocycles. The van der Waals surface area contributed by atoms with E-state index in [0.717, 1.165) is 18.4 Å². The van der Waals surface area contributed by atoms with Gasteiger partial charge in [-0.15, -0.1) is 10.2 Å². The van der Waals surface area contributed by atoms with Gasteiger partial charge in [0, 0.05) is 10.8 Å². The first-order chi connectivity index (χ1) is 19.9. The number of carbonyl (C=O) groups excluding carboxylic acids is 2. The standard InChI is InChI=1S/C29H26ClN3O6S2/c1-3-4-13-38-20-12-9-18(15-22(20)37-2)24-23(25(34)21-6-5-14-39-21)26(35)27(36)33(24)28-31-32-29(41-28)40-16-17-7-10-19(30)11-8-17/h5-12,14-15,24,35H,3-4,13,16H2,1-2H3. The van der Waals surface area contributed by atoms with Gasteiger partial charge in [-0.1, -0.05) is 66.2 Å². The van der Waals surface area contributed by atoms with Gasteiger partial charge in [0.2, 0.25) is 10.9 Å². The number of nitrogens with zero attached hydrogens (tertiary/aromatic N) is 3. The number of thioether (sulfide) groups is 1. The molecule has 0 saturated carbocycles. The van der Waals surface area contributed by atoms with Gasteiger partial charge in [0.05, 0.1) is 31.6 Å². The zero-order valence-electron chi connectivity index (χ0n) is 22.2. The van der Waals surface area contributed by atoms with E-state index in [2.05, 4.69) is 17.1 Å². The molecular formula is C29H26ClN3O6S2. The lowest BCUT2D eigenvalue weighted by Crippen LogP contribution is -2.31. The summed E-state index contributed by atoms with van der Waals surface area (Å²) in [4.78, 5) is 28.3. The van der Waals surface area contributed by atoms with Crippen LogP contribution in [0.15, 0.2) is 80.9 Å². The average Bonchev–Trinajstić information content (AvgIpc) is 3.74. The van der Waals surface area contributed by atoms with E-state index in [0.29, 0.717) is 38.8 Å². The first-order valence-corrected chi connectivity index (χ1v) is 15.0. The molecule has 0 spiro atoms. The number of aliphatic hydroxyl groups excluding tert-OH is 1. The fourth-order valence-corrected chi connectivity index (χ4v) is 6.22. The van der Waals surface area contributed by atoms with E-state index < -0.39 is 23.5 Å². The molecule has 1 unspecified atom stereocenters. The maximum atomic E-state index is 13.5. The number of hydrogen-bond donors (Lipinski definition) is 1. The maximum Gasteiger partial charge on any atom is 0.296 e. The minimum atomic E-state index is -1.01. The van der Waals surface area contributed by atoms with Crippen molar-refractivity contribution >= 4 is 51.5 Å². The molecule has 1 amide bonds. The Morgan fingerprint density at radius 2 is 1.98 bits per heavy atom. The van der Waals surface area contributed by atoms with Gasteiger partial charge in [0.15, 0.2) is 27.4 Å². The van der Waals surface area contributed by atoms with Crippen molar-refractivity contribution < 1.29 is 28.6 Å². The SMILES string of the molecule is CCCCOc1ccc(C2C(C(=O)c3ccco3)=C(O)C(=O)N2c2nnc(SCc3ccc(Cl)cc3)s2)cc1OC. The second-order valence-electron chi connectivity index (χ2n) is 9.02. The predicted octanol–water partition coefficient (Wildman–Crippen LogP) is 7.05. The Bertz CT molecular complexity index is 1570. The Hall–Kier alpha value is -3.80. The number of ether oxygens (including phenoxy) is 2. The number of anilines is 1. The molecule has 1 N–H and O–H groups in total. The van der Waals surface area contributed by atoms with Crippen LogP contribution in [0, 0.1) is 0 Å². The number of carbonyl (C=O) groups is 2. The summed E-state index contributed by atoms with van der Waals surface area (Å²) in [5, 5.41) is 20.4. The first kappa shape index (κ1) is 28.7. The van der Waals surface area contributed by atoms with Gasteiger partial charge < -0.3 is 19.0 Å². The van der Waals surface area contributed by atoms with Crippen molar-refractivity contribution in [2.75, 3.05) is 18.6 Å². The highest BCUT2D eigenvalue weighted by Crippen LogP contribution is 2.45. The number of hydrogen-bond acceptors (Lipinski definition) is 10. The number of benzene rings is 2. The van der Waals surface area contributed by atoms with Crippen molar-refractivity contribution in [3.05, 3.63) is 94.1 Å². The number of Topliss-reactive ketones (excluding diaryl/α,β-unsaturated/α-hetero) is 1. The third-order valence-corrected chi connectivity index (χ3v) is 8.71. The van der Waals surface area contributed by atoms with Crippen LogP contribution in [0.25, 0.3) is 0 Å². The molecular weight excluding hydrogens is 586 g/mol. The van der Waals surface area contributed by atoms with E-state index in [1.807, 2.05) is 24.3 Å². The lowest BCUT2D eigenvalue weighted by atomic mass is 9.95. The minimum Gasteiger partial charge on any atom is -0.503 e. The van der Waals surface area contributed by atoms with E-state index in [9.17, 15) is 14.7 Å². The molecule has 1 aliphatic rings. The van der Waals surface area contributed by atoms with Crippen LogP contribution < -0.4 is 14.4 Å². The molecule has 0 bridgehead atoms. The van der Waals surface area contributed by atoms with Crippen molar-refractivity contribution in [3.8, 4) is 11.5 Å². The van der Waals surface area contributed by atoms with Gasteiger partial charge in [0.25, 0.3) is 5.91 Å². The Kier molecular flexibility index (Phi) is 8.96. The van der Waals surface area contributed by atoms with Crippen LogP contribution >= 0.6 is 34.7 Å². The van der Waals surface area contributed by atoms with Crippen molar-refractivity contribution in [1.29, 1.82) is 0 Å². The normalized spacial score (nSPS) is 15.0. The van der Waals surface area contributed by atoms with Gasteiger partial charge in [-0.2, -0.15) is 0 Å². The molecule has 5 rings (SSSR count). The van der Waals surface area contributed by atoms with Gasteiger partial charge >= 0.3 is 0 Å². The Labute approximate surface area is 249 Å². The summed E-state index contributed by atoms with van der Waals surface area (Å²) in [6.45, 7) is 2.59. The number of furan rings is 1. The number of methoxy groups -OCH3 is 1. The van der Waals surface area contributed by atoms with Gasteiger partial charge in [-0.05, 0) is 53.9 Å². The number of rotatable bonds is 12. The summed E-state index contributed by atoms with van der Waals surface area (Å²) in [5.41, 5.74) is 1.44. The highest BCUT2D eigenvalue weighted by Gasteiger charge is 2.47. The number of unbranched alkanes of at least 4 members (excludes halogenated alkanes) is 1. The van der Waals surface area contributed by atoms with Gasteiger partial charge in [-0.25, -0.2) is 0 Å². The van der Waals surface area contributed by atoms with E-state index in [1.54, 1.807) is 24.3 Å². The molecule has 4 aromatic rings. The summed E-state index contributed by atoms with van der Waals surface area (Å²) in [5.74, 6) is -0.484. The minimum absolute atomic E-state index is 0.00541.